The molecule has 0 spiro atoms. The number of halogens is 2. The van der Waals surface area contributed by atoms with Gasteiger partial charge in [-0.2, -0.15) is 4.98 Å². The zero-order valence-electron chi connectivity index (χ0n) is 9.44. The Morgan fingerprint density at radius 3 is 2.72 bits per heavy atom. The summed E-state index contributed by atoms with van der Waals surface area (Å²) in [6.07, 6.45) is 1.98. The molecule has 6 nitrogen and oxygen atoms in total. The highest BCUT2D eigenvalue weighted by molar-refractivity contribution is 6.33. The molecule has 0 atom stereocenters. The molecule has 1 fully saturated rings. The summed E-state index contributed by atoms with van der Waals surface area (Å²) in [5.74, 6) is 0.491. The Kier molecular flexibility index (Phi) is 4.08. The lowest BCUT2D eigenvalue weighted by atomic mass is 10.1. The summed E-state index contributed by atoms with van der Waals surface area (Å²) >= 11 is 11.6. The Bertz CT molecular complexity index is 450. The van der Waals surface area contributed by atoms with E-state index in [9.17, 15) is 4.79 Å². The van der Waals surface area contributed by atoms with Gasteiger partial charge in [0.2, 0.25) is 5.28 Å². The third kappa shape index (κ3) is 3.14. The number of piperidine rings is 1. The molecule has 0 radical (unpaired) electrons. The van der Waals surface area contributed by atoms with E-state index < -0.39 is 6.09 Å². The minimum Gasteiger partial charge on any atom is -0.465 e. The van der Waals surface area contributed by atoms with Crippen molar-refractivity contribution in [3.8, 4) is 0 Å². The number of hydrogen-bond donors (Lipinski definition) is 2. The van der Waals surface area contributed by atoms with E-state index >= 15 is 0 Å². The number of likely N-dealkylation sites (tertiary alicyclic amines) is 1. The van der Waals surface area contributed by atoms with Crippen molar-refractivity contribution < 1.29 is 9.90 Å². The van der Waals surface area contributed by atoms with E-state index in [1.807, 2.05) is 0 Å². The molecule has 2 N–H and O–H groups in total. The molecule has 0 aliphatic carbocycles. The summed E-state index contributed by atoms with van der Waals surface area (Å²) in [4.78, 5) is 19.9. The van der Waals surface area contributed by atoms with Crippen LogP contribution in [0.1, 0.15) is 12.8 Å². The molecule has 8 heteroatoms. The second-order valence-electron chi connectivity index (χ2n) is 4.02. The standard InChI is InChI=1S/C10H12Cl2N4O2/c11-7-5-13-9(12)15-8(7)14-6-1-3-16(4-2-6)10(17)18/h5-6H,1-4H2,(H,17,18)(H,13,14,15). The summed E-state index contributed by atoms with van der Waals surface area (Å²) in [5, 5.41) is 12.5. The second kappa shape index (κ2) is 5.58. The van der Waals surface area contributed by atoms with E-state index in [1.54, 1.807) is 0 Å². The number of nitrogens with zero attached hydrogens (tertiary/aromatic N) is 3. The van der Waals surface area contributed by atoms with Crippen LogP contribution < -0.4 is 5.32 Å². The van der Waals surface area contributed by atoms with Crippen LogP contribution in [-0.2, 0) is 0 Å². The number of carboxylic acid groups (broad SMARTS) is 1. The predicted octanol–water partition coefficient (Wildman–Crippen LogP) is 2.34. The van der Waals surface area contributed by atoms with Gasteiger partial charge in [-0.3, -0.25) is 0 Å². The second-order valence-corrected chi connectivity index (χ2v) is 4.77. The largest absolute Gasteiger partial charge is 0.465 e. The smallest absolute Gasteiger partial charge is 0.407 e. The Morgan fingerprint density at radius 2 is 2.11 bits per heavy atom. The normalized spacial score (nSPS) is 16.7. The molecule has 98 valence electrons. The Labute approximate surface area is 114 Å². The highest BCUT2D eigenvalue weighted by Gasteiger charge is 2.22. The summed E-state index contributed by atoms with van der Waals surface area (Å²) in [7, 11) is 0. The van der Waals surface area contributed by atoms with Crippen LogP contribution in [0.5, 0.6) is 0 Å². The molecule has 0 unspecified atom stereocenters. The molecule has 2 heterocycles. The summed E-state index contributed by atoms with van der Waals surface area (Å²) in [6, 6.07) is 0.143. The fourth-order valence-electron chi connectivity index (χ4n) is 1.86. The van der Waals surface area contributed by atoms with Gasteiger partial charge >= 0.3 is 6.09 Å². The molecule has 0 aromatic carbocycles. The fraction of sp³-hybridized carbons (Fsp3) is 0.500. The maximum Gasteiger partial charge on any atom is 0.407 e. The lowest BCUT2D eigenvalue weighted by molar-refractivity contribution is 0.134. The van der Waals surface area contributed by atoms with Crippen molar-refractivity contribution in [3.05, 3.63) is 16.5 Å². The van der Waals surface area contributed by atoms with Crippen LogP contribution in [0.15, 0.2) is 6.20 Å². The van der Waals surface area contributed by atoms with Crippen molar-refractivity contribution in [2.24, 2.45) is 0 Å². The lowest BCUT2D eigenvalue weighted by Gasteiger charge is -2.30. The van der Waals surface area contributed by atoms with Gasteiger partial charge in [-0.05, 0) is 24.4 Å². The van der Waals surface area contributed by atoms with Gasteiger partial charge in [-0.15, -0.1) is 0 Å². The predicted molar refractivity (Wildman–Crippen MR) is 68.3 cm³/mol. The summed E-state index contributed by atoms with van der Waals surface area (Å²) in [5.41, 5.74) is 0. The maximum atomic E-state index is 10.8. The third-order valence-electron chi connectivity index (χ3n) is 2.82. The maximum absolute atomic E-state index is 10.8. The average molecular weight is 291 g/mol. The van der Waals surface area contributed by atoms with E-state index in [2.05, 4.69) is 15.3 Å². The van der Waals surface area contributed by atoms with Gasteiger partial charge in [0.05, 0.1) is 6.20 Å². The molecule has 1 aliphatic heterocycles. The monoisotopic (exact) mass is 290 g/mol. The van der Waals surface area contributed by atoms with Crippen molar-refractivity contribution in [1.82, 2.24) is 14.9 Å². The number of nitrogens with one attached hydrogen (secondary N) is 1. The molecule has 0 bridgehead atoms. The van der Waals surface area contributed by atoms with Crippen LogP contribution >= 0.6 is 23.2 Å². The van der Waals surface area contributed by atoms with Gasteiger partial charge < -0.3 is 15.3 Å². The first kappa shape index (κ1) is 13.2. The lowest BCUT2D eigenvalue weighted by Crippen LogP contribution is -2.41. The van der Waals surface area contributed by atoms with Gasteiger partial charge in [0, 0.05) is 19.1 Å². The highest BCUT2D eigenvalue weighted by Crippen LogP contribution is 2.22. The Morgan fingerprint density at radius 1 is 1.44 bits per heavy atom. The van der Waals surface area contributed by atoms with E-state index in [4.69, 9.17) is 28.3 Å². The molecule has 1 amide bonds. The van der Waals surface area contributed by atoms with E-state index in [0.717, 1.165) is 0 Å². The Balaban J connectivity index is 1.95. The van der Waals surface area contributed by atoms with E-state index in [0.29, 0.717) is 36.8 Å². The third-order valence-corrected chi connectivity index (χ3v) is 3.28. The minimum absolute atomic E-state index is 0.130. The quantitative estimate of drug-likeness (QED) is 0.818. The first-order valence-corrected chi connectivity index (χ1v) is 6.24. The first-order valence-electron chi connectivity index (χ1n) is 5.48. The average Bonchev–Trinajstić information content (AvgIpc) is 2.34. The van der Waals surface area contributed by atoms with Crippen molar-refractivity contribution >= 4 is 35.1 Å². The van der Waals surface area contributed by atoms with Gasteiger partial charge in [0.25, 0.3) is 0 Å². The van der Waals surface area contributed by atoms with Crippen LogP contribution in [0.4, 0.5) is 10.6 Å². The van der Waals surface area contributed by atoms with Gasteiger partial charge in [0.15, 0.2) is 0 Å². The molecule has 0 saturated carbocycles. The zero-order chi connectivity index (χ0) is 13.1. The van der Waals surface area contributed by atoms with Crippen LogP contribution in [-0.4, -0.2) is 45.2 Å². The van der Waals surface area contributed by atoms with Crippen molar-refractivity contribution in [1.29, 1.82) is 0 Å². The molecule has 18 heavy (non-hydrogen) atoms. The SMILES string of the molecule is O=C(O)N1CCC(Nc2nc(Cl)ncc2Cl)CC1. The molecule has 1 aromatic rings. The van der Waals surface area contributed by atoms with Crippen LogP contribution in [0, 0.1) is 0 Å². The number of anilines is 1. The molecular formula is C10H12Cl2N4O2. The van der Waals surface area contributed by atoms with Gasteiger partial charge in [0.1, 0.15) is 10.8 Å². The van der Waals surface area contributed by atoms with Crippen molar-refractivity contribution in [2.75, 3.05) is 18.4 Å². The summed E-state index contributed by atoms with van der Waals surface area (Å²) in [6.45, 7) is 1.01. The fourth-order valence-corrected chi connectivity index (χ4v) is 2.13. The number of hydrogen-bond acceptors (Lipinski definition) is 4. The number of amides is 1. The van der Waals surface area contributed by atoms with Crippen molar-refractivity contribution in [2.45, 2.75) is 18.9 Å². The van der Waals surface area contributed by atoms with Crippen LogP contribution in [0.25, 0.3) is 0 Å². The topological polar surface area (TPSA) is 78.4 Å². The van der Waals surface area contributed by atoms with Gasteiger partial charge in [-0.1, -0.05) is 11.6 Å². The molecular weight excluding hydrogens is 279 g/mol. The van der Waals surface area contributed by atoms with Crippen LogP contribution in [0.2, 0.25) is 10.3 Å². The van der Waals surface area contributed by atoms with Crippen LogP contribution in [0.3, 0.4) is 0 Å². The minimum atomic E-state index is -0.878. The molecule has 2 rings (SSSR count). The number of rotatable bonds is 2. The zero-order valence-corrected chi connectivity index (χ0v) is 10.9. The number of carbonyl (C=O) groups is 1. The molecule has 1 aromatic heterocycles. The van der Waals surface area contributed by atoms with Gasteiger partial charge in [-0.25, -0.2) is 9.78 Å². The van der Waals surface area contributed by atoms with Crippen molar-refractivity contribution in [3.63, 3.8) is 0 Å². The highest BCUT2D eigenvalue weighted by atomic mass is 35.5. The number of aromatic nitrogens is 2. The summed E-state index contributed by atoms with van der Waals surface area (Å²) < 4.78 is 0. The van der Waals surface area contributed by atoms with E-state index in [1.165, 1.54) is 11.1 Å². The molecule has 1 saturated heterocycles. The Hall–Kier alpha value is -1.27. The molecule has 1 aliphatic rings. The first-order chi connectivity index (χ1) is 8.56. The van der Waals surface area contributed by atoms with E-state index in [-0.39, 0.29) is 11.3 Å².